The number of aryl methyl sites for hydroxylation is 1. The quantitative estimate of drug-likeness (QED) is 0.851. The third-order valence-corrected chi connectivity index (χ3v) is 2.92. The molecule has 0 aliphatic heterocycles. The Balaban J connectivity index is 2.64. The van der Waals surface area contributed by atoms with E-state index in [0.717, 1.165) is 18.0 Å². The van der Waals surface area contributed by atoms with Crippen molar-refractivity contribution in [2.75, 3.05) is 6.54 Å². The summed E-state index contributed by atoms with van der Waals surface area (Å²) in [5.41, 5.74) is 8.13. The third kappa shape index (κ3) is 1.87. The summed E-state index contributed by atoms with van der Waals surface area (Å²) in [4.78, 5) is 0. The highest BCUT2D eigenvalue weighted by Gasteiger charge is 2.07. The molecule has 2 N–H and O–H groups in total. The third-order valence-electron chi connectivity index (χ3n) is 2.68. The second-order valence-electron chi connectivity index (χ2n) is 3.64. The average molecular weight is 223 g/mol. The van der Waals surface area contributed by atoms with Crippen molar-refractivity contribution in [2.45, 2.75) is 19.9 Å². The molecule has 0 bridgehead atoms. The van der Waals surface area contributed by atoms with Gasteiger partial charge in [-0.1, -0.05) is 11.6 Å². The molecule has 0 radical (unpaired) electrons. The largest absolute Gasteiger partial charge is 0.347 e. The first-order valence-corrected chi connectivity index (χ1v) is 5.61. The zero-order valence-corrected chi connectivity index (χ0v) is 9.59. The van der Waals surface area contributed by atoms with Crippen LogP contribution in [0.5, 0.6) is 0 Å². The molecule has 0 spiro atoms. The van der Waals surface area contributed by atoms with Gasteiger partial charge >= 0.3 is 0 Å². The number of hydrogen-bond acceptors (Lipinski definition) is 1. The van der Waals surface area contributed by atoms with E-state index in [4.69, 9.17) is 17.3 Å². The Labute approximate surface area is 94.6 Å². The first-order chi connectivity index (χ1) is 7.26. The Morgan fingerprint density at radius 3 is 2.87 bits per heavy atom. The van der Waals surface area contributed by atoms with E-state index in [1.807, 2.05) is 12.1 Å². The zero-order valence-electron chi connectivity index (χ0n) is 8.83. The average Bonchev–Trinajstić information content (AvgIpc) is 2.57. The predicted molar refractivity (Wildman–Crippen MR) is 65.4 cm³/mol. The van der Waals surface area contributed by atoms with Crippen LogP contribution in [0.2, 0.25) is 5.02 Å². The molecule has 0 fully saturated rings. The van der Waals surface area contributed by atoms with Gasteiger partial charge in [-0.15, -0.1) is 0 Å². The Hall–Kier alpha value is -0.990. The van der Waals surface area contributed by atoms with Crippen LogP contribution in [-0.2, 0) is 13.0 Å². The first kappa shape index (κ1) is 10.5. The molecule has 3 heteroatoms. The maximum Gasteiger partial charge on any atom is 0.0484 e. The second-order valence-corrected chi connectivity index (χ2v) is 4.08. The molecule has 1 aromatic heterocycles. The van der Waals surface area contributed by atoms with E-state index in [1.165, 1.54) is 16.5 Å². The van der Waals surface area contributed by atoms with Gasteiger partial charge in [0.1, 0.15) is 0 Å². The number of rotatable bonds is 3. The van der Waals surface area contributed by atoms with Gasteiger partial charge in [-0.2, -0.15) is 0 Å². The highest BCUT2D eigenvalue weighted by molar-refractivity contribution is 6.31. The molecule has 0 unspecified atom stereocenters. The Morgan fingerprint density at radius 1 is 1.40 bits per heavy atom. The van der Waals surface area contributed by atoms with E-state index < -0.39 is 0 Å². The van der Waals surface area contributed by atoms with Crippen LogP contribution in [0.3, 0.4) is 0 Å². The smallest absolute Gasteiger partial charge is 0.0484 e. The SMILES string of the molecule is CCn1cc(CCN)c2cc(Cl)ccc21. The van der Waals surface area contributed by atoms with Crippen LogP contribution >= 0.6 is 11.6 Å². The van der Waals surface area contributed by atoms with Crippen molar-refractivity contribution in [3.05, 3.63) is 35.0 Å². The molecule has 2 rings (SSSR count). The summed E-state index contributed by atoms with van der Waals surface area (Å²) in [6.45, 7) is 3.79. The molecule has 1 aromatic carbocycles. The van der Waals surface area contributed by atoms with E-state index in [0.29, 0.717) is 6.54 Å². The minimum Gasteiger partial charge on any atom is -0.347 e. The molecule has 0 amide bonds. The van der Waals surface area contributed by atoms with Gasteiger partial charge in [0, 0.05) is 28.7 Å². The molecular weight excluding hydrogens is 208 g/mol. The van der Waals surface area contributed by atoms with Crippen molar-refractivity contribution >= 4 is 22.5 Å². The highest BCUT2D eigenvalue weighted by atomic mass is 35.5. The Morgan fingerprint density at radius 2 is 2.20 bits per heavy atom. The van der Waals surface area contributed by atoms with Crippen molar-refractivity contribution in [3.63, 3.8) is 0 Å². The van der Waals surface area contributed by atoms with Gasteiger partial charge in [-0.3, -0.25) is 0 Å². The standard InChI is InChI=1S/C12H15ClN2/c1-2-15-8-9(5-6-14)11-7-10(13)3-4-12(11)15/h3-4,7-8H,2,5-6,14H2,1H3. The fourth-order valence-electron chi connectivity index (χ4n) is 1.96. The van der Waals surface area contributed by atoms with Crippen LogP contribution < -0.4 is 5.73 Å². The summed E-state index contributed by atoms with van der Waals surface area (Å²) >= 11 is 6.00. The number of aromatic nitrogens is 1. The molecule has 0 aliphatic carbocycles. The summed E-state index contributed by atoms with van der Waals surface area (Å²) in [6, 6.07) is 6.03. The number of benzene rings is 1. The van der Waals surface area contributed by atoms with Crippen molar-refractivity contribution < 1.29 is 0 Å². The monoisotopic (exact) mass is 222 g/mol. The van der Waals surface area contributed by atoms with E-state index in [1.54, 1.807) is 0 Å². The van der Waals surface area contributed by atoms with Crippen LogP contribution in [0.4, 0.5) is 0 Å². The minimum absolute atomic E-state index is 0.676. The summed E-state index contributed by atoms with van der Waals surface area (Å²) in [7, 11) is 0. The van der Waals surface area contributed by atoms with Gasteiger partial charge in [-0.05, 0) is 43.7 Å². The molecule has 0 saturated heterocycles. The predicted octanol–water partition coefficient (Wildman–Crippen LogP) is 2.82. The highest BCUT2D eigenvalue weighted by Crippen LogP contribution is 2.25. The normalized spacial score (nSPS) is 11.1. The summed E-state index contributed by atoms with van der Waals surface area (Å²) < 4.78 is 2.23. The summed E-state index contributed by atoms with van der Waals surface area (Å²) in [5, 5.41) is 2.02. The summed E-state index contributed by atoms with van der Waals surface area (Å²) in [5.74, 6) is 0. The maximum atomic E-state index is 6.00. The zero-order chi connectivity index (χ0) is 10.8. The van der Waals surface area contributed by atoms with Crippen LogP contribution in [0.15, 0.2) is 24.4 Å². The van der Waals surface area contributed by atoms with Crippen molar-refractivity contribution in [3.8, 4) is 0 Å². The number of hydrogen-bond donors (Lipinski definition) is 1. The molecular formula is C12H15ClN2. The molecule has 0 saturated carbocycles. The molecule has 2 aromatic rings. The van der Waals surface area contributed by atoms with Gasteiger partial charge in [-0.25, -0.2) is 0 Å². The molecule has 2 nitrogen and oxygen atoms in total. The van der Waals surface area contributed by atoms with Crippen molar-refractivity contribution in [1.82, 2.24) is 4.57 Å². The summed E-state index contributed by atoms with van der Waals surface area (Å²) in [6.07, 6.45) is 3.08. The van der Waals surface area contributed by atoms with Crippen molar-refractivity contribution in [1.29, 1.82) is 0 Å². The van der Waals surface area contributed by atoms with Gasteiger partial charge in [0.15, 0.2) is 0 Å². The van der Waals surface area contributed by atoms with Gasteiger partial charge in [0.25, 0.3) is 0 Å². The maximum absolute atomic E-state index is 6.00. The Kier molecular flexibility index (Phi) is 2.98. The van der Waals surface area contributed by atoms with E-state index in [9.17, 15) is 0 Å². The molecule has 15 heavy (non-hydrogen) atoms. The minimum atomic E-state index is 0.676. The van der Waals surface area contributed by atoms with Gasteiger partial charge in [0.2, 0.25) is 0 Å². The number of fused-ring (bicyclic) bond motifs is 1. The van der Waals surface area contributed by atoms with Crippen LogP contribution in [-0.4, -0.2) is 11.1 Å². The number of nitrogens with zero attached hydrogens (tertiary/aromatic N) is 1. The lowest BCUT2D eigenvalue weighted by atomic mass is 10.1. The fourth-order valence-corrected chi connectivity index (χ4v) is 2.13. The van der Waals surface area contributed by atoms with Crippen LogP contribution in [0.1, 0.15) is 12.5 Å². The lowest BCUT2D eigenvalue weighted by Gasteiger charge is -1.99. The molecule has 1 heterocycles. The second kappa shape index (κ2) is 4.25. The van der Waals surface area contributed by atoms with Crippen LogP contribution in [0, 0.1) is 0 Å². The lowest BCUT2D eigenvalue weighted by Crippen LogP contribution is -2.02. The molecule has 0 aliphatic rings. The first-order valence-electron chi connectivity index (χ1n) is 5.23. The number of nitrogens with two attached hydrogens (primary N) is 1. The van der Waals surface area contributed by atoms with Crippen molar-refractivity contribution in [2.24, 2.45) is 5.73 Å². The van der Waals surface area contributed by atoms with E-state index in [-0.39, 0.29) is 0 Å². The molecule has 0 atom stereocenters. The van der Waals surface area contributed by atoms with Gasteiger partial charge in [0.05, 0.1) is 0 Å². The van der Waals surface area contributed by atoms with Gasteiger partial charge < -0.3 is 10.3 Å². The molecule has 80 valence electrons. The lowest BCUT2D eigenvalue weighted by molar-refractivity contribution is 0.790. The van der Waals surface area contributed by atoms with Crippen LogP contribution in [0.25, 0.3) is 10.9 Å². The number of halogens is 1. The van der Waals surface area contributed by atoms with E-state index >= 15 is 0 Å². The Bertz CT molecular complexity index is 474. The van der Waals surface area contributed by atoms with E-state index in [2.05, 4.69) is 23.8 Å². The fraction of sp³-hybridized carbons (Fsp3) is 0.333. The topological polar surface area (TPSA) is 30.9 Å².